The van der Waals surface area contributed by atoms with E-state index in [1.165, 1.54) is 14.7 Å². The second-order valence-electron chi connectivity index (χ2n) is 15.8. The Morgan fingerprint density at radius 2 is 1.17 bits per heavy atom. The maximum Gasteiger partial charge on any atom is 0.322 e. The van der Waals surface area contributed by atoms with E-state index in [1.807, 2.05) is 0 Å². The van der Waals surface area contributed by atoms with Crippen molar-refractivity contribution in [1.29, 1.82) is 0 Å². The first-order valence-corrected chi connectivity index (χ1v) is 20.5. The minimum atomic E-state index is -1.28. The first-order chi connectivity index (χ1) is 28.2. The molecule has 0 unspecified atom stereocenters. The number of nitrogens with zero attached hydrogens (tertiary/aromatic N) is 4. The highest BCUT2D eigenvalue weighted by molar-refractivity contribution is 5.97. The molecule has 0 aromatic carbocycles. The van der Waals surface area contributed by atoms with Crippen LogP contribution in [0.3, 0.4) is 0 Å². The minimum Gasteiger partial charge on any atom is -0.480 e. The molecule has 5 fully saturated rings. The lowest BCUT2D eigenvalue weighted by molar-refractivity contribution is -0.148. The smallest absolute Gasteiger partial charge is 0.322 e. The number of carboxylic acids is 1. The fourth-order valence-electron chi connectivity index (χ4n) is 8.63. The van der Waals surface area contributed by atoms with Crippen molar-refractivity contribution in [3.05, 3.63) is 0 Å². The number of amides is 8. The van der Waals surface area contributed by atoms with Gasteiger partial charge < -0.3 is 67.2 Å². The Labute approximate surface area is 341 Å². The number of unbranched alkanes of at least 4 members (excludes halogenated alkanes) is 1. The number of aliphatic hydroxyl groups is 2. The third-order valence-electron chi connectivity index (χ3n) is 11.6. The quantitative estimate of drug-likeness (QED) is 0.0619. The Hall–Kier alpha value is -4.93. The number of hydrogen-bond acceptors (Lipinski definition) is 13. The van der Waals surface area contributed by atoms with Gasteiger partial charge in [0.25, 0.3) is 0 Å². The molecule has 0 saturated carbocycles. The lowest BCUT2D eigenvalue weighted by Gasteiger charge is -2.32. The Bertz CT molecular complexity index is 1610. The van der Waals surface area contributed by atoms with Crippen molar-refractivity contribution in [3.63, 3.8) is 0 Å². The molecule has 5 saturated heterocycles. The molecule has 5 rings (SSSR count). The Morgan fingerprint density at radius 3 is 1.66 bits per heavy atom. The second-order valence-corrected chi connectivity index (χ2v) is 15.8. The van der Waals surface area contributed by atoms with E-state index in [4.69, 9.17) is 10.8 Å². The van der Waals surface area contributed by atoms with Crippen molar-refractivity contribution in [2.75, 3.05) is 58.9 Å². The molecule has 10 N–H and O–H groups in total. The summed E-state index contributed by atoms with van der Waals surface area (Å²) in [5.41, 5.74) is 5.61. The maximum absolute atomic E-state index is 13.9. The molecule has 0 spiro atoms. The van der Waals surface area contributed by atoms with Gasteiger partial charge in [0.05, 0.1) is 31.3 Å². The van der Waals surface area contributed by atoms with E-state index in [0.717, 1.165) is 11.3 Å². The van der Waals surface area contributed by atoms with Gasteiger partial charge in [0.15, 0.2) is 0 Å². The summed E-state index contributed by atoms with van der Waals surface area (Å²) in [4.78, 5) is 122. The van der Waals surface area contributed by atoms with Crippen molar-refractivity contribution in [1.82, 2.24) is 46.2 Å². The molecule has 0 aromatic heterocycles. The number of carbonyl (C=O) groups excluding carboxylic acids is 8. The van der Waals surface area contributed by atoms with Gasteiger partial charge in [0, 0.05) is 39.0 Å². The fraction of sp³-hybridized carbons (Fsp3) is 0.757. The van der Waals surface area contributed by atoms with Crippen molar-refractivity contribution >= 4 is 53.2 Å². The average Bonchev–Trinajstić information content (AvgIpc) is 4.06. The molecule has 22 heteroatoms. The Balaban J connectivity index is 1.14. The van der Waals surface area contributed by atoms with E-state index in [1.54, 1.807) is 0 Å². The van der Waals surface area contributed by atoms with E-state index < -0.39 is 115 Å². The first-order valence-electron chi connectivity index (χ1n) is 20.5. The van der Waals surface area contributed by atoms with Crippen LogP contribution >= 0.6 is 0 Å². The van der Waals surface area contributed by atoms with E-state index in [-0.39, 0.29) is 57.8 Å². The molecule has 0 aliphatic carbocycles. The van der Waals surface area contributed by atoms with Gasteiger partial charge in [-0.25, -0.2) is 0 Å². The predicted octanol–water partition coefficient (Wildman–Crippen LogP) is -5.31. The number of rotatable bonds is 17. The number of nitrogens with two attached hydrogens (primary N) is 1. The van der Waals surface area contributed by atoms with Crippen LogP contribution in [0.25, 0.3) is 0 Å². The van der Waals surface area contributed by atoms with Gasteiger partial charge in [0.2, 0.25) is 47.3 Å². The van der Waals surface area contributed by atoms with Crippen LogP contribution in [-0.2, 0) is 43.2 Å². The average molecular weight is 835 g/mol. The first kappa shape index (κ1) is 45.2. The van der Waals surface area contributed by atoms with Crippen LogP contribution in [0, 0.1) is 0 Å². The summed E-state index contributed by atoms with van der Waals surface area (Å²) in [6.45, 7) is -0.492. The fourth-order valence-corrected chi connectivity index (χ4v) is 8.63. The van der Waals surface area contributed by atoms with Crippen LogP contribution in [-0.4, -0.2) is 196 Å². The van der Waals surface area contributed by atoms with Crippen molar-refractivity contribution in [2.45, 2.75) is 119 Å². The predicted molar refractivity (Wildman–Crippen MR) is 204 cm³/mol. The van der Waals surface area contributed by atoms with E-state index in [9.17, 15) is 53.4 Å². The number of carbonyl (C=O) groups is 9. The van der Waals surface area contributed by atoms with Crippen molar-refractivity contribution < 1.29 is 58.5 Å². The van der Waals surface area contributed by atoms with Gasteiger partial charge in [-0.1, -0.05) is 0 Å². The molecule has 59 heavy (non-hydrogen) atoms. The van der Waals surface area contributed by atoms with Crippen LogP contribution in [0.4, 0.5) is 0 Å². The van der Waals surface area contributed by atoms with E-state index in [0.29, 0.717) is 51.6 Å². The number of aliphatic carboxylic acids is 1. The number of aliphatic hydroxyl groups excluding tert-OH is 2. The van der Waals surface area contributed by atoms with Gasteiger partial charge in [-0.15, -0.1) is 0 Å². The summed E-state index contributed by atoms with van der Waals surface area (Å²) < 4.78 is 0. The highest BCUT2D eigenvalue weighted by Crippen LogP contribution is 2.27. The molecule has 8 amide bonds. The number of β-amino-alcohol motifs (C(OH)–C–C–N with tert-alkyl or cyclic N) is 2. The summed E-state index contributed by atoms with van der Waals surface area (Å²) in [5, 5.41) is 42.9. The summed E-state index contributed by atoms with van der Waals surface area (Å²) in [7, 11) is 0. The minimum absolute atomic E-state index is 0.102. The molecule has 22 nitrogen and oxygen atoms in total. The molecule has 0 radical (unpaired) electrons. The van der Waals surface area contributed by atoms with Crippen LogP contribution in [0.5, 0.6) is 0 Å². The zero-order chi connectivity index (χ0) is 42.8. The molecule has 8 atom stereocenters. The SMILES string of the molecule is NCCCC[C@H](NC(=O)[C@@H]1CCCN1)C(=O)NCC(=O)N1CCC[C@H]1C(=O)N1C[C@H](O)C[C@H]1C(=O)NCC(=O)N1CCC[C@H]1C(=O)N1C[C@H](O)C[C@H]1C(=O)NCC(=O)O. The van der Waals surface area contributed by atoms with E-state index >= 15 is 0 Å². The number of nitrogens with one attached hydrogen (secondary N) is 5. The lowest BCUT2D eigenvalue weighted by atomic mass is 10.1. The second kappa shape index (κ2) is 20.9. The molecular weight excluding hydrogens is 776 g/mol. The molecule has 5 heterocycles. The molecular formula is C37H58N10O12. The van der Waals surface area contributed by atoms with Crippen molar-refractivity contribution in [2.24, 2.45) is 5.73 Å². The van der Waals surface area contributed by atoms with Crippen LogP contribution < -0.4 is 32.3 Å². The van der Waals surface area contributed by atoms with E-state index in [2.05, 4.69) is 26.6 Å². The summed E-state index contributed by atoms with van der Waals surface area (Å²) >= 11 is 0. The standard InChI is InChI=1S/C37H58N10O12/c38-10-2-1-6-24(43-33(55)23-7-3-11-39-23)32(54)40-16-29(50)44-12-4-8-25(44)36(58)46-19-21(48)14-27(46)34(56)41-17-30(51)45-13-5-9-26(45)37(59)47-20-22(49)15-28(47)35(57)42-18-31(52)53/h21-28,39,48-49H,1-20,38H2,(H,40,54)(H,41,56)(H,42,57)(H,43,55)(H,52,53)/t21-,22-,23+,24+,25+,26+,27+,28+/m1/s1. The molecule has 5 aliphatic rings. The van der Waals surface area contributed by atoms with Gasteiger partial charge in [-0.3, -0.25) is 43.2 Å². The third kappa shape index (κ3) is 11.4. The van der Waals surface area contributed by atoms with Crippen LogP contribution in [0.1, 0.15) is 70.6 Å². The topological polar surface area (TPSA) is 313 Å². The lowest BCUT2D eigenvalue weighted by Crippen LogP contribution is -2.56. The van der Waals surface area contributed by atoms with Gasteiger partial charge >= 0.3 is 5.97 Å². The largest absolute Gasteiger partial charge is 0.480 e. The molecule has 5 aliphatic heterocycles. The summed E-state index contributed by atoms with van der Waals surface area (Å²) in [6.07, 6.45) is 2.20. The summed E-state index contributed by atoms with van der Waals surface area (Å²) in [6, 6.07) is -5.53. The molecule has 0 bridgehead atoms. The monoisotopic (exact) mass is 834 g/mol. The van der Waals surface area contributed by atoms with Crippen LogP contribution in [0.15, 0.2) is 0 Å². The van der Waals surface area contributed by atoms with Crippen molar-refractivity contribution in [3.8, 4) is 0 Å². The highest BCUT2D eigenvalue weighted by Gasteiger charge is 2.47. The highest BCUT2D eigenvalue weighted by atomic mass is 16.4. The Kier molecular flexibility index (Phi) is 16.0. The summed E-state index contributed by atoms with van der Waals surface area (Å²) in [5.74, 6) is -5.88. The van der Waals surface area contributed by atoms with Gasteiger partial charge in [0.1, 0.15) is 36.8 Å². The zero-order valence-corrected chi connectivity index (χ0v) is 33.1. The molecule has 0 aromatic rings. The van der Waals surface area contributed by atoms with Crippen LogP contribution in [0.2, 0.25) is 0 Å². The number of likely N-dealkylation sites (tertiary alicyclic amines) is 4. The normalized spacial score (nSPS) is 27.1. The third-order valence-corrected chi connectivity index (χ3v) is 11.6. The number of hydrogen-bond donors (Lipinski definition) is 9. The Morgan fingerprint density at radius 1 is 0.644 bits per heavy atom. The van der Waals surface area contributed by atoms with Gasteiger partial charge in [-0.05, 0) is 70.9 Å². The zero-order valence-electron chi connectivity index (χ0n) is 33.1. The van der Waals surface area contributed by atoms with Gasteiger partial charge in [-0.2, -0.15) is 0 Å². The number of carboxylic acid groups (broad SMARTS) is 1. The maximum atomic E-state index is 13.9. The molecule has 328 valence electrons.